The number of pyridine rings is 1. The standard InChI is InChI=1S/C27H34N4O3/c1-33-24-8-7-20(17-25(24)34-2)26-22-5-3-4-6-23(22)27(32)31(29-26)21-11-15-30(16-12-21)18-19-9-13-28-14-10-19/h7-10,13-14,17,21-23H,3-6,11-12,15-16,18H2,1-2H3. The summed E-state index contributed by atoms with van der Waals surface area (Å²) in [7, 11) is 3.30. The van der Waals surface area contributed by atoms with E-state index in [-0.39, 0.29) is 23.8 Å². The van der Waals surface area contributed by atoms with Crippen molar-refractivity contribution >= 4 is 11.6 Å². The number of hydrogen-bond acceptors (Lipinski definition) is 6. The van der Waals surface area contributed by atoms with Gasteiger partial charge in [-0.1, -0.05) is 12.8 Å². The van der Waals surface area contributed by atoms with Gasteiger partial charge in [0.05, 0.1) is 26.0 Å². The molecule has 3 heterocycles. The third-order valence-corrected chi connectivity index (χ3v) is 7.61. The van der Waals surface area contributed by atoms with E-state index in [9.17, 15) is 4.79 Å². The van der Waals surface area contributed by atoms with Gasteiger partial charge in [-0.25, -0.2) is 5.01 Å². The molecule has 0 N–H and O–H groups in total. The zero-order valence-corrected chi connectivity index (χ0v) is 20.2. The second-order valence-corrected chi connectivity index (χ2v) is 9.60. The third-order valence-electron chi connectivity index (χ3n) is 7.61. The van der Waals surface area contributed by atoms with Gasteiger partial charge in [0.1, 0.15) is 0 Å². The second-order valence-electron chi connectivity index (χ2n) is 9.60. The van der Waals surface area contributed by atoms with Crippen molar-refractivity contribution in [1.82, 2.24) is 14.9 Å². The molecule has 180 valence electrons. The van der Waals surface area contributed by atoms with Crippen molar-refractivity contribution in [2.45, 2.75) is 51.1 Å². The van der Waals surface area contributed by atoms with E-state index in [2.05, 4.69) is 28.1 Å². The van der Waals surface area contributed by atoms with Crippen LogP contribution in [0.1, 0.15) is 49.7 Å². The van der Waals surface area contributed by atoms with Gasteiger partial charge in [0.25, 0.3) is 0 Å². The van der Waals surface area contributed by atoms with Crippen LogP contribution in [-0.4, -0.2) is 59.9 Å². The number of hydrazone groups is 1. The van der Waals surface area contributed by atoms with E-state index in [0.717, 1.165) is 69.4 Å². The Bertz CT molecular complexity index is 1030. The number of ether oxygens (including phenoxy) is 2. The molecule has 7 nitrogen and oxygen atoms in total. The van der Waals surface area contributed by atoms with Gasteiger partial charge in [-0.2, -0.15) is 5.10 Å². The van der Waals surface area contributed by atoms with E-state index in [1.807, 2.05) is 29.5 Å². The van der Waals surface area contributed by atoms with Crippen LogP contribution in [0, 0.1) is 11.8 Å². The van der Waals surface area contributed by atoms with Crippen molar-refractivity contribution in [3.05, 3.63) is 53.9 Å². The molecule has 1 aliphatic carbocycles. The molecular weight excluding hydrogens is 428 g/mol. The van der Waals surface area contributed by atoms with E-state index >= 15 is 0 Å². The number of benzene rings is 1. The molecular formula is C27H34N4O3. The van der Waals surface area contributed by atoms with Crippen molar-refractivity contribution in [2.75, 3.05) is 27.3 Å². The Kier molecular flexibility index (Phi) is 6.81. The van der Waals surface area contributed by atoms with E-state index in [0.29, 0.717) is 11.5 Å². The van der Waals surface area contributed by atoms with Crippen molar-refractivity contribution < 1.29 is 14.3 Å². The van der Waals surface area contributed by atoms with Gasteiger partial charge < -0.3 is 9.47 Å². The number of amides is 1. The lowest BCUT2D eigenvalue weighted by atomic mass is 9.73. The topological polar surface area (TPSA) is 67.3 Å². The summed E-state index contributed by atoms with van der Waals surface area (Å²) in [5.74, 6) is 1.84. The molecule has 2 aromatic rings. The molecule has 1 aromatic carbocycles. The van der Waals surface area contributed by atoms with Crippen LogP contribution < -0.4 is 9.47 Å². The average Bonchev–Trinajstić information content (AvgIpc) is 2.90. The normalized spacial score (nSPS) is 23.9. The minimum atomic E-state index is 0.0317. The zero-order chi connectivity index (χ0) is 23.5. The highest BCUT2D eigenvalue weighted by Crippen LogP contribution is 2.40. The smallest absolute Gasteiger partial charge is 0.246 e. The molecule has 2 aliphatic heterocycles. The quantitative estimate of drug-likeness (QED) is 0.646. The van der Waals surface area contributed by atoms with Gasteiger partial charge in [0.2, 0.25) is 5.91 Å². The summed E-state index contributed by atoms with van der Waals surface area (Å²) in [6, 6.07) is 10.3. The van der Waals surface area contributed by atoms with Gasteiger partial charge in [-0.3, -0.25) is 14.7 Å². The number of methoxy groups -OCH3 is 2. The Morgan fingerprint density at radius 3 is 2.32 bits per heavy atom. The minimum Gasteiger partial charge on any atom is -0.493 e. The van der Waals surface area contributed by atoms with Crippen molar-refractivity contribution in [2.24, 2.45) is 16.9 Å². The number of nitrogens with zero attached hydrogens (tertiary/aromatic N) is 4. The van der Waals surface area contributed by atoms with E-state index < -0.39 is 0 Å². The van der Waals surface area contributed by atoms with Crippen LogP contribution in [0.5, 0.6) is 11.5 Å². The molecule has 34 heavy (non-hydrogen) atoms. The molecule has 7 heteroatoms. The first-order valence-corrected chi connectivity index (χ1v) is 12.4. The van der Waals surface area contributed by atoms with Crippen LogP contribution in [0.15, 0.2) is 47.8 Å². The first kappa shape index (κ1) is 22.8. The lowest BCUT2D eigenvalue weighted by Crippen LogP contribution is -2.52. The van der Waals surface area contributed by atoms with Gasteiger partial charge in [-0.05, 0) is 61.6 Å². The zero-order valence-electron chi connectivity index (χ0n) is 20.2. The SMILES string of the molecule is COc1ccc(C2=NN(C3CCN(Cc4ccncc4)CC3)C(=O)C3CCCCC23)cc1OC. The van der Waals surface area contributed by atoms with Crippen LogP contribution in [0.4, 0.5) is 0 Å². The maximum Gasteiger partial charge on any atom is 0.246 e. The average molecular weight is 463 g/mol. The molecule has 1 saturated carbocycles. The maximum atomic E-state index is 13.6. The van der Waals surface area contributed by atoms with E-state index in [1.165, 1.54) is 5.56 Å². The molecule has 3 aliphatic rings. The fraction of sp³-hybridized carbons (Fsp3) is 0.519. The molecule has 1 saturated heterocycles. The molecule has 0 spiro atoms. The highest BCUT2D eigenvalue weighted by molar-refractivity contribution is 6.07. The summed E-state index contributed by atoms with van der Waals surface area (Å²) >= 11 is 0. The number of rotatable bonds is 6. The van der Waals surface area contributed by atoms with E-state index in [4.69, 9.17) is 14.6 Å². The summed E-state index contributed by atoms with van der Waals surface area (Å²) in [5.41, 5.74) is 3.34. The number of piperidine rings is 1. The number of hydrogen-bond donors (Lipinski definition) is 0. The van der Waals surface area contributed by atoms with Crippen molar-refractivity contribution in [3.8, 4) is 11.5 Å². The summed E-state index contributed by atoms with van der Waals surface area (Å²) in [6.45, 7) is 2.85. The number of fused-ring (bicyclic) bond motifs is 1. The molecule has 0 radical (unpaired) electrons. The van der Waals surface area contributed by atoms with Crippen LogP contribution >= 0.6 is 0 Å². The molecule has 2 unspecified atom stereocenters. The number of carbonyl (C=O) groups is 1. The Morgan fingerprint density at radius 1 is 0.912 bits per heavy atom. The molecule has 0 bridgehead atoms. The molecule has 2 fully saturated rings. The Hall–Kier alpha value is -2.93. The maximum absolute atomic E-state index is 13.6. The molecule has 5 rings (SSSR count). The van der Waals surface area contributed by atoms with Crippen molar-refractivity contribution in [1.29, 1.82) is 0 Å². The molecule has 1 aromatic heterocycles. The fourth-order valence-electron chi connectivity index (χ4n) is 5.76. The monoisotopic (exact) mass is 462 g/mol. The van der Waals surface area contributed by atoms with Crippen molar-refractivity contribution in [3.63, 3.8) is 0 Å². The van der Waals surface area contributed by atoms with Crippen LogP contribution in [0.25, 0.3) is 0 Å². The van der Waals surface area contributed by atoms with Crippen LogP contribution in [0.2, 0.25) is 0 Å². The Morgan fingerprint density at radius 2 is 1.62 bits per heavy atom. The Labute approximate surface area is 201 Å². The minimum absolute atomic E-state index is 0.0317. The predicted octanol–water partition coefficient (Wildman–Crippen LogP) is 4.12. The lowest BCUT2D eigenvalue weighted by molar-refractivity contribution is -0.142. The first-order chi connectivity index (χ1) is 16.7. The predicted molar refractivity (Wildman–Crippen MR) is 131 cm³/mol. The largest absolute Gasteiger partial charge is 0.493 e. The van der Waals surface area contributed by atoms with Crippen LogP contribution in [0.3, 0.4) is 0 Å². The summed E-state index contributed by atoms with van der Waals surface area (Å²) in [5, 5.41) is 6.91. The lowest BCUT2D eigenvalue weighted by Gasteiger charge is -2.43. The molecule has 1 amide bonds. The number of carbonyl (C=O) groups excluding carboxylic acids is 1. The second kappa shape index (κ2) is 10.1. The summed E-state index contributed by atoms with van der Waals surface area (Å²) in [6.07, 6.45) is 9.81. The number of aromatic nitrogens is 1. The third kappa shape index (κ3) is 4.53. The molecule has 2 atom stereocenters. The van der Waals surface area contributed by atoms with E-state index in [1.54, 1.807) is 14.2 Å². The van der Waals surface area contributed by atoms with Gasteiger partial charge in [-0.15, -0.1) is 0 Å². The van der Waals surface area contributed by atoms with Crippen LogP contribution in [-0.2, 0) is 11.3 Å². The highest BCUT2D eigenvalue weighted by Gasteiger charge is 2.43. The highest BCUT2D eigenvalue weighted by atomic mass is 16.5. The van der Waals surface area contributed by atoms with Gasteiger partial charge in [0, 0.05) is 49.4 Å². The number of likely N-dealkylation sites (tertiary alicyclic amines) is 1. The van der Waals surface area contributed by atoms with Gasteiger partial charge in [0.15, 0.2) is 11.5 Å². The summed E-state index contributed by atoms with van der Waals surface area (Å²) < 4.78 is 11.0. The van der Waals surface area contributed by atoms with Gasteiger partial charge >= 0.3 is 0 Å². The Balaban J connectivity index is 1.38. The first-order valence-electron chi connectivity index (χ1n) is 12.4. The summed E-state index contributed by atoms with van der Waals surface area (Å²) in [4.78, 5) is 20.2. The fourth-order valence-corrected chi connectivity index (χ4v) is 5.76.